The third kappa shape index (κ3) is 5.09. The number of alkyl halides is 3. The van der Waals surface area contributed by atoms with E-state index in [9.17, 15) is 13.6 Å². The largest absolute Gasteiger partial charge is 0.487 e. The van der Waals surface area contributed by atoms with Crippen molar-refractivity contribution in [3.63, 3.8) is 0 Å². The lowest BCUT2D eigenvalue weighted by Gasteiger charge is -2.15. The van der Waals surface area contributed by atoms with Gasteiger partial charge < -0.3 is 14.6 Å². The van der Waals surface area contributed by atoms with Crippen molar-refractivity contribution in [1.29, 1.82) is 0 Å². The van der Waals surface area contributed by atoms with Gasteiger partial charge in [-0.1, -0.05) is 6.92 Å². The minimum atomic E-state index is -3.81. The van der Waals surface area contributed by atoms with Gasteiger partial charge in [0.25, 0.3) is 5.91 Å². The highest BCUT2D eigenvalue weighted by Crippen LogP contribution is 2.32. The molecule has 1 atom stereocenters. The molecule has 0 radical (unpaired) electrons. The van der Waals surface area contributed by atoms with Gasteiger partial charge in [0.15, 0.2) is 0 Å². The maximum absolute atomic E-state index is 13.0. The summed E-state index contributed by atoms with van der Waals surface area (Å²) in [5.74, 6) is -0.513. The van der Waals surface area contributed by atoms with Crippen LogP contribution in [0.5, 0.6) is 5.75 Å². The molecule has 0 aliphatic carbocycles. The zero-order valence-corrected chi connectivity index (χ0v) is 18.6. The number of carbonyl (C=O) groups excluding carboxylic acids is 1. The predicted octanol–water partition coefficient (Wildman–Crippen LogP) is 5.88. The maximum Gasteiger partial charge on any atom is 0.487 e. The van der Waals surface area contributed by atoms with Crippen LogP contribution in [0.25, 0.3) is 22.2 Å². The normalized spacial score (nSPS) is 12.5. The van der Waals surface area contributed by atoms with Gasteiger partial charge in [-0.05, 0) is 49.7 Å². The van der Waals surface area contributed by atoms with Crippen molar-refractivity contribution in [3.8, 4) is 16.9 Å². The van der Waals surface area contributed by atoms with Crippen molar-refractivity contribution in [2.75, 3.05) is 5.32 Å². The van der Waals surface area contributed by atoms with E-state index in [1.165, 1.54) is 30.6 Å². The van der Waals surface area contributed by atoms with Gasteiger partial charge in [0.2, 0.25) is 0 Å². The number of fused-ring (bicyclic) bond motifs is 1. The Labute approximate surface area is 193 Å². The van der Waals surface area contributed by atoms with E-state index in [-0.39, 0.29) is 17.7 Å². The second kappa shape index (κ2) is 9.11. The summed E-state index contributed by atoms with van der Waals surface area (Å²) in [6, 6.07) is 9.14. The quantitative estimate of drug-likeness (QED) is 0.340. The lowest BCUT2D eigenvalue weighted by atomic mass is 10.0. The first-order chi connectivity index (χ1) is 15.7. The number of aromatic nitrogens is 4. The standard InChI is InChI=1S/C23H20ClF2N5O2/c1-3-14(2)31-13-29-20-9-15(8-19(21(20)31)16-10-27-12-28-11-16)22(32)30-17-4-6-18(7-5-17)33-23(24,25)26/h4-14H,3H2,1-2H3,(H,30,32)/t14-/m1/s1. The Hall–Kier alpha value is -3.59. The van der Waals surface area contributed by atoms with E-state index in [4.69, 9.17) is 11.6 Å². The number of amides is 1. The van der Waals surface area contributed by atoms with Crippen molar-refractivity contribution >= 4 is 34.2 Å². The molecule has 33 heavy (non-hydrogen) atoms. The molecule has 2 aromatic carbocycles. The third-order valence-electron chi connectivity index (χ3n) is 5.21. The monoisotopic (exact) mass is 471 g/mol. The molecule has 0 saturated heterocycles. The molecule has 1 N–H and O–H groups in total. The molecule has 7 nitrogen and oxygen atoms in total. The Morgan fingerprint density at radius 2 is 1.91 bits per heavy atom. The highest BCUT2D eigenvalue weighted by Gasteiger charge is 2.27. The topological polar surface area (TPSA) is 81.9 Å². The van der Waals surface area contributed by atoms with Crippen LogP contribution in [0.15, 0.2) is 61.4 Å². The molecular weight excluding hydrogens is 452 g/mol. The lowest BCUT2D eigenvalue weighted by Crippen LogP contribution is -2.16. The number of anilines is 1. The Kier molecular flexibility index (Phi) is 6.24. The third-order valence-corrected chi connectivity index (χ3v) is 5.29. The summed E-state index contributed by atoms with van der Waals surface area (Å²) in [5.41, 5.74) is 0.0588. The Morgan fingerprint density at radius 1 is 1.21 bits per heavy atom. The molecule has 1 amide bonds. The highest BCUT2D eigenvalue weighted by atomic mass is 35.5. The SMILES string of the molecule is CC[C@@H](C)n1cnc2cc(C(=O)Nc3ccc(OC(F)(F)Cl)cc3)cc(-c3cncnc3)c21. The Bertz CT molecular complexity index is 1270. The summed E-state index contributed by atoms with van der Waals surface area (Å²) in [5, 5.41) is 2.75. The molecule has 2 heterocycles. The maximum atomic E-state index is 13.0. The molecular formula is C23H20ClF2N5O2. The number of carbonyl (C=O) groups is 1. The van der Waals surface area contributed by atoms with Gasteiger partial charge in [-0.3, -0.25) is 4.79 Å². The average molecular weight is 472 g/mol. The van der Waals surface area contributed by atoms with Crippen LogP contribution in [-0.2, 0) is 0 Å². The fourth-order valence-electron chi connectivity index (χ4n) is 3.43. The van der Waals surface area contributed by atoms with Gasteiger partial charge in [0.05, 0.1) is 17.4 Å². The van der Waals surface area contributed by atoms with Crippen LogP contribution >= 0.6 is 11.6 Å². The van der Waals surface area contributed by atoms with E-state index in [2.05, 4.69) is 43.4 Å². The Balaban J connectivity index is 1.69. The summed E-state index contributed by atoms with van der Waals surface area (Å²) in [7, 11) is 0. The van der Waals surface area contributed by atoms with Crippen molar-refractivity contribution in [3.05, 3.63) is 67.0 Å². The summed E-state index contributed by atoms with van der Waals surface area (Å²) < 4.78 is 31.9. The molecule has 170 valence electrons. The first kappa shape index (κ1) is 22.6. The number of nitrogens with one attached hydrogen (secondary N) is 1. The molecule has 4 rings (SSSR count). The number of imidazole rings is 1. The number of hydrogen-bond acceptors (Lipinski definition) is 5. The number of hydrogen-bond donors (Lipinski definition) is 1. The molecule has 0 bridgehead atoms. The van der Waals surface area contributed by atoms with Crippen LogP contribution in [0, 0.1) is 0 Å². The molecule has 10 heteroatoms. The molecule has 0 aliphatic heterocycles. The van der Waals surface area contributed by atoms with Crippen LogP contribution in [0.4, 0.5) is 14.5 Å². The van der Waals surface area contributed by atoms with Gasteiger partial charge >= 0.3 is 5.57 Å². The van der Waals surface area contributed by atoms with E-state index < -0.39 is 5.57 Å². The number of ether oxygens (including phenoxy) is 1. The predicted molar refractivity (Wildman–Crippen MR) is 122 cm³/mol. The minimum Gasteiger partial charge on any atom is -0.420 e. The fraction of sp³-hybridized carbons (Fsp3) is 0.217. The van der Waals surface area contributed by atoms with E-state index in [1.807, 2.05) is 0 Å². The van der Waals surface area contributed by atoms with Crippen molar-refractivity contribution in [2.24, 2.45) is 0 Å². The first-order valence-corrected chi connectivity index (χ1v) is 10.6. The molecule has 0 aliphatic rings. The van der Waals surface area contributed by atoms with Crippen molar-refractivity contribution < 1.29 is 18.3 Å². The second-order valence-electron chi connectivity index (χ2n) is 7.45. The van der Waals surface area contributed by atoms with Gasteiger partial charge in [0, 0.05) is 52.4 Å². The van der Waals surface area contributed by atoms with Crippen LogP contribution in [0.2, 0.25) is 0 Å². The zero-order chi connectivity index (χ0) is 23.6. The molecule has 0 unspecified atom stereocenters. The van der Waals surface area contributed by atoms with Crippen molar-refractivity contribution in [1.82, 2.24) is 19.5 Å². The van der Waals surface area contributed by atoms with Crippen LogP contribution in [0.1, 0.15) is 36.7 Å². The van der Waals surface area contributed by atoms with E-state index in [0.29, 0.717) is 16.8 Å². The van der Waals surface area contributed by atoms with Crippen molar-refractivity contribution in [2.45, 2.75) is 31.9 Å². The highest BCUT2D eigenvalue weighted by molar-refractivity contribution is 6.20. The summed E-state index contributed by atoms with van der Waals surface area (Å²) in [6.07, 6.45) is 7.48. The van der Waals surface area contributed by atoms with Gasteiger partial charge in [0.1, 0.15) is 12.1 Å². The van der Waals surface area contributed by atoms with Crippen LogP contribution < -0.4 is 10.1 Å². The van der Waals surface area contributed by atoms with Crippen LogP contribution in [-0.4, -0.2) is 31.0 Å². The number of nitrogens with zero attached hydrogens (tertiary/aromatic N) is 4. The molecule has 4 aromatic rings. The Morgan fingerprint density at radius 3 is 2.55 bits per heavy atom. The summed E-state index contributed by atoms with van der Waals surface area (Å²) >= 11 is 4.77. The summed E-state index contributed by atoms with van der Waals surface area (Å²) in [4.78, 5) is 25.7. The van der Waals surface area contributed by atoms with Gasteiger partial charge in [-0.2, -0.15) is 0 Å². The first-order valence-electron chi connectivity index (χ1n) is 10.2. The molecule has 0 fully saturated rings. The van der Waals surface area contributed by atoms with E-state index in [1.54, 1.807) is 30.9 Å². The summed E-state index contributed by atoms with van der Waals surface area (Å²) in [6.45, 7) is 4.19. The zero-order valence-electron chi connectivity index (χ0n) is 17.8. The smallest absolute Gasteiger partial charge is 0.420 e. The average Bonchev–Trinajstić information content (AvgIpc) is 3.23. The van der Waals surface area contributed by atoms with E-state index >= 15 is 0 Å². The molecule has 0 spiro atoms. The number of benzene rings is 2. The van der Waals surface area contributed by atoms with Gasteiger partial charge in [-0.15, -0.1) is 8.78 Å². The van der Waals surface area contributed by atoms with Gasteiger partial charge in [-0.25, -0.2) is 15.0 Å². The van der Waals surface area contributed by atoms with E-state index in [0.717, 1.165) is 23.1 Å². The second-order valence-corrected chi connectivity index (χ2v) is 7.89. The number of rotatable bonds is 7. The number of halogens is 3. The lowest BCUT2D eigenvalue weighted by molar-refractivity contribution is -0.0964. The molecule has 0 saturated carbocycles. The van der Waals surface area contributed by atoms with Crippen LogP contribution in [0.3, 0.4) is 0 Å². The molecule has 2 aromatic heterocycles. The minimum absolute atomic E-state index is 0.128. The fourth-order valence-corrected chi connectivity index (χ4v) is 3.52.